The molecule has 26 heavy (non-hydrogen) atoms. The average molecular weight is 371 g/mol. The number of aromatic nitrogens is 2. The second-order valence-corrected chi connectivity index (χ2v) is 6.51. The molecule has 0 unspecified atom stereocenters. The zero-order valence-electron chi connectivity index (χ0n) is 14.7. The zero-order chi connectivity index (χ0) is 18.2. The third-order valence-corrected chi connectivity index (χ3v) is 4.49. The van der Waals surface area contributed by atoms with Gasteiger partial charge in [-0.05, 0) is 59.6 Å². The Labute approximate surface area is 156 Å². The van der Waals surface area contributed by atoms with Crippen LogP contribution in [0.4, 0.5) is 4.39 Å². The Kier molecular flexibility index (Phi) is 6.38. The Hall–Kier alpha value is -2.67. The van der Waals surface area contributed by atoms with Crippen molar-refractivity contribution in [3.63, 3.8) is 0 Å². The van der Waals surface area contributed by atoms with E-state index in [1.54, 1.807) is 28.2 Å². The Balaban J connectivity index is 1.53. The van der Waals surface area contributed by atoms with E-state index in [0.717, 1.165) is 36.9 Å². The maximum atomic E-state index is 13.0. The number of aliphatic imine (C=N–C) groups is 1. The molecule has 136 valence electrons. The van der Waals surface area contributed by atoms with Gasteiger partial charge in [-0.1, -0.05) is 0 Å². The van der Waals surface area contributed by atoms with Crippen molar-refractivity contribution in [1.82, 2.24) is 20.4 Å². The maximum absolute atomic E-state index is 13.0. The van der Waals surface area contributed by atoms with Crippen LogP contribution < -0.4 is 10.6 Å². The standard InChI is InChI=1S/C19H22FN5S/c1-2-21-19(23-13-15-9-12-26-14-15)22-10-7-17-8-11-25(24-17)18-5-3-16(20)4-6-18/h3-6,8-9,11-12,14H,2,7,10,13H2,1H3,(H2,21,22,23). The molecule has 0 radical (unpaired) electrons. The fourth-order valence-corrected chi connectivity index (χ4v) is 3.10. The Bertz CT molecular complexity index is 824. The van der Waals surface area contributed by atoms with Gasteiger partial charge in [-0.2, -0.15) is 16.4 Å². The Morgan fingerprint density at radius 1 is 1.19 bits per heavy atom. The first-order valence-electron chi connectivity index (χ1n) is 8.58. The molecule has 3 rings (SSSR count). The summed E-state index contributed by atoms with van der Waals surface area (Å²) in [5, 5.41) is 15.3. The first kappa shape index (κ1) is 18.1. The van der Waals surface area contributed by atoms with Gasteiger partial charge in [0, 0.05) is 25.7 Å². The van der Waals surface area contributed by atoms with Crippen molar-refractivity contribution in [1.29, 1.82) is 0 Å². The minimum Gasteiger partial charge on any atom is -0.357 e. The number of nitrogens with one attached hydrogen (secondary N) is 2. The van der Waals surface area contributed by atoms with E-state index in [1.807, 2.05) is 19.2 Å². The number of guanidine groups is 1. The lowest BCUT2D eigenvalue weighted by Gasteiger charge is -2.10. The largest absolute Gasteiger partial charge is 0.357 e. The van der Waals surface area contributed by atoms with Gasteiger partial charge < -0.3 is 10.6 Å². The van der Waals surface area contributed by atoms with Crippen molar-refractivity contribution >= 4 is 17.3 Å². The van der Waals surface area contributed by atoms with E-state index in [0.29, 0.717) is 6.54 Å². The van der Waals surface area contributed by atoms with Crippen molar-refractivity contribution in [2.75, 3.05) is 13.1 Å². The molecule has 0 amide bonds. The minimum absolute atomic E-state index is 0.247. The van der Waals surface area contributed by atoms with Crippen molar-refractivity contribution in [3.8, 4) is 5.69 Å². The summed E-state index contributed by atoms with van der Waals surface area (Å²) < 4.78 is 14.8. The zero-order valence-corrected chi connectivity index (χ0v) is 15.5. The van der Waals surface area contributed by atoms with E-state index in [2.05, 4.69) is 37.6 Å². The van der Waals surface area contributed by atoms with Crippen LogP contribution in [0.5, 0.6) is 0 Å². The highest BCUT2D eigenvalue weighted by Gasteiger charge is 2.03. The highest BCUT2D eigenvalue weighted by molar-refractivity contribution is 7.07. The molecule has 0 aliphatic carbocycles. The lowest BCUT2D eigenvalue weighted by Crippen LogP contribution is -2.38. The van der Waals surface area contributed by atoms with Crippen LogP contribution in [0.2, 0.25) is 0 Å². The third kappa shape index (κ3) is 5.16. The molecule has 0 atom stereocenters. The number of rotatable bonds is 7. The van der Waals surface area contributed by atoms with E-state index in [9.17, 15) is 4.39 Å². The lowest BCUT2D eigenvalue weighted by atomic mass is 10.3. The molecule has 3 aromatic rings. The Morgan fingerprint density at radius 2 is 2.04 bits per heavy atom. The summed E-state index contributed by atoms with van der Waals surface area (Å²) in [7, 11) is 0. The van der Waals surface area contributed by atoms with Gasteiger partial charge in [0.2, 0.25) is 0 Å². The van der Waals surface area contributed by atoms with E-state index >= 15 is 0 Å². The number of thiophene rings is 1. The van der Waals surface area contributed by atoms with Crippen molar-refractivity contribution in [3.05, 3.63) is 70.4 Å². The van der Waals surface area contributed by atoms with E-state index in [-0.39, 0.29) is 5.82 Å². The smallest absolute Gasteiger partial charge is 0.191 e. The van der Waals surface area contributed by atoms with Crippen LogP contribution in [0, 0.1) is 5.82 Å². The van der Waals surface area contributed by atoms with Gasteiger partial charge in [0.1, 0.15) is 5.82 Å². The van der Waals surface area contributed by atoms with Crippen molar-refractivity contribution < 1.29 is 4.39 Å². The normalized spacial score (nSPS) is 11.5. The van der Waals surface area contributed by atoms with Gasteiger partial charge in [-0.3, -0.25) is 0 Å². The highest BCUT2D eigenvalue weighted by atomic mass is 32.1. The topological polar surface area (TPSA) is 54.2 Å². The SMILES string of the molecule is CCNC(=NCc1ccsc1)NCCc1ccn(-c2ccc(F)cc2)n1. The number of halogens is 1. The molecule has 2 aromatic heterocycles. The van der Waals surface area contributed by atoms with Gasteiger partial charge in [0.25, 0.3) is 0 Å². The average Bonchev–Trinajstić information content (AvgIpc) is 3.32. The van der Waals surface area contributed by atoms with Crippen LogP contribution >= 0.6 is 11.3 Å². The minimum atomic E-state index is -0.247. The summed E-state index contributed by atoms with van der Waals surface area (Å²) in [6.07, 6.45) is 2.66. The van der Waals surface area contributed by atoms with Crippen molar-refractivity contribution in [2.24, 2.45) is 4.99 Å². The molecule has 0 saturated heterocycles. The molecule has 0 bridgehead atoms. The molecule has 0 aliphatic heterocycles. The number of hydrogen-bond donors (Lipinski definition) is 2. The molecule has 0 fully saturated rings. The maximum Gasteiger partial charge on any atom is 0.191 e. The number of benzene rings is 1. The van der Waals surface area contributed by atoms with Crippen LogP contribution in [0.15, 0.2) is 58.3 Å². The predicted octanol–water partition coefficient (Wildman–Crippen LogP) is 3.37. The summed E-state index contributed by atoms with van der Waals surface area (Å²) in [5.74, 6) is 0.555. The molecular formula is C19H22FN5S. The van der Waals surface area contributed by atoms with Crippen LogP contribution in [0.1, 0.15) is 18.2 Å². The first-order chi connectivity index (χ1) is 12.7. The highest BCUT2D eigenvalue weighted by Crippen LogP contribution is 2.09. The Morgan fingerprint density at radius 3 is 2.77 bits per heavy atom. The molecule has 1 aromatic carbocycles. The van der Waals surface area contributed by atoms with Gasteiger partial charge in [-0.25, -0.2) is 14.1 Å². The third-order valence-electron chi connectivity index (χ3n) is 3.75. The molecule has 0 aliphatic rings. The summed E-state index contributed by atoms with van der Waals surface area (Å²) in [6.45, 7) is 4.26. The summed E-state index contributed by atoms with van der Waals surface area (Å²) in [6, 6.07) is 10.4. The van der Waals surface area contributed by atoms with Crippen LogP contribution in [-0.2, 0) is 13.0 Å². The van der Waals surface area contributed by atoms with Gasteiger partial charge in [0.05, 0.1) is 17.9 Å². The number of hydrogen-bond acceptors (Lipinski definition) is 3. The van der Waals surface area contributed by atoms with Gasteiger partial charge in [0.15, 0.2) is 5.96 Å². The fourth-order valence-electron chi connectivity index (χ4n) is 2.44. The predicted molar refractivity (Wildman–Crippen MR) is 104 cm³/mol. The van der Waals surface area contributed by atoms with E-state index in [1.165, 1.54) is 17.7 Å². The van der Waals surface area contributed by atoms with Gasteiger partial charge in [-0.15, -0.1) is 0 Å². The van der Waals surface area contributed by atoms with Crippen LogP contribution in [0.3, 0.4) is 0 Å². The first-order valence-corrected chi connectivity index (χ1v) is 9.52. The lowest BCUT2D eigenvalue weighted by molar-refractivity contribution is 0.627. The fraction of sp³-hybridized carbons (Fsp3) is 0.263. The number of nitrogens with zero attached hydrogens (tertiary/aromatic N) is 3. The molecule has 5 nitrogen and oxygen atoms in total. The molecule has 2 N–H and O–H groups in total. The molecule has 2 heterocycles. The summed E-state index contributed by atoms with van der Waals surface area (Å²) in [4.78, 5) is 4.59. The quantitative estimate of drug-likeness (QED) is 0.495. The second-order valence-electron chi connectivity index (χ2n) is 5.73. The second kappa shape index (κ2) is 9.15. The summed E-state index contributed by atoms with van der Waals surface area (Å²) >= 11 is 1.68. The van der Waals surface area contributed by atoms with Gasteiger partial charge >= 0.3 is 0 Å². The van der Waals surface area contributed by atoms with Crippen LogP contribution in [0.25, 0.3) is 5.69 Å². The van der Waals surface area contributed by atoms with E-state index in [4.69, 9.17) is 0 Å². The molecule has 7 heteroatoms. The molecule has 0 saturated carbocycles. The summed E-state index contributed by atoms with van der Waals surface area (Å²) in [5.41, 5.74) is 3.03. The van der Waals surface area contributed by atoms with Crippen molar-refractivity contribution in [2.45, 2.75) is 19.9 Å². The van der Waals surface area contributed by atoms with E-state index < -0.39 is 0 Å². The monoisotopic (exact) mass is 371 g/mol. The molecule has 0 spiro atoms. The van der Waals surface area contributed by atoms with Crippen LogP contribution in [-0.4, -0.2) is 28.8 Å². The molecular weight excluding hydrogens is 349 g/mol.